The van der Waals surface area contributed by atoms with Crippen molar-refractivity contribution >= 4 is 17.7 Å². The first-order valence-electron chi connectivity index (χ1n) is 5.26. The maximum Gasteiger partial charge on any atom is 0.339 e. The van der Waals surface area contributed by atoms with Gasteiger partial charge in [0.15, 0.2) is 0 Å². The molecule has 3 N–H and O–H groups in total. The van der Waals surface area contributed by atoms with Gasteiger partial charge in [-0.2, -0.15) is 11.8 Å². The van der Waals surface area contributed by atoms with Crippen LogP contribution in [0, 0.1) is 0 Å². The molecule has 17 heavy (non-hydrogen) atoms. The van der Waals surface area contributed by atoms with Crippen molar-refractivity contribution in [3.63, 3.8) is 0 Å². The summed E-state index contributed by atoms with van der Waals surface area (Å²) >= 11 is 1.57. The molecule has 1 heterocycles. The Hall–Kier alpha value is -0.980. The molecule has 0 aliphatic rings. The van der Waals surface area contributed by atoms with E-state index in [9.17, 15) is 4.79 Å². The molecule has 0 bridgehead atoms. The Morgan fingerprint density at radius 3 is 2.88 bits per heavy atom. The van der Waals surface area contributed by atoms with Crippen LogP contribution >= 0.6 is 11.8 Å². The molecule has 1 aromatic rings. The third kappa shape index (κ3) is 3.76. The lowest BCUT2D eigenvalue weighted by atomic mass is 10.2. The van der Waals surface area contributed by atoms with Crippen molar-refractivity contribution in [1.29, 1.82) is 0 Å². The summed E-state index contributed by atoms with van der Waals surface area (Å²) in [5, 5.41) is 21.2. The molecule has 6 heteroatoms. The summed E-state index contributed by atoms with van der Waals surface area (Å²) in [5.74, 6) is -0.589. The number of hydrogen-bond donors (Lipinski definition) is 3. The number of carbonyl (C=O) groups is 1. The molecule has 2 atom stereocenters. The van der Waals surface area contributed by atoms with Gasteiger partial charge in [-0.1, -0.05) is 0 Å². The highest BCUT2D eigenvalue weighted by Gasteiger charge is 2.17. The van der Waals surface area contributed by atoms with Crippen LogP contribution in [0.25, 0.3) is 0 Å². The van der Waals surface area contributed by atoms with Crippen molar-refractivity contribution in [3.05, 3.63) is 23.7 Å². The maximum atomic E-state index is 10.8. The van der Waals surface area contributed by atoms with Gasteiger partial charge in [-0.05, 0) is 19.2 Å². The zero-order chi connectivity index (χ0) is 12.8. The minimum atomic E-state index is -0.994. The number of rotatable bonds is 7. The van der Waals surface area contributed by atoms with Crippen LogP contribution in [0.1, 0.15) is 23.0 Å². The van der Waals surface area contributed by atoms with E-state index in [1.165, 1.54) is 12.3 Å². The average molecular weight is 259 g/mol. The van der Waals surface area contributed by atoms with E-state index in [0.29, 0.717) is 12.3 Å². The predicted octanol–water partition coefficient (Wildman–Crippen LogP) is 1.18. The van der Waals surface area contributed by atoms with Gasteiger partial charge in [0.25, 0.3) is 0 Å². The summed E-state index contributed by atoms with van der Waals surface area (Å²) in [5.41, 5.74) is 0.175. The molecular weight excluding hydrogens is 242 g/mol. The highest BCUT2D eigenvalue weighted by molar-refractivity contribution is 7.99. The molecular formula is C11H17NO4S. The van der Waals surface area contributed by atoms with Gasteiger partial charge in [0.05, 0.1) is 19.4 Å². The second-order valence-electron chi connectivity index (χ2n) is 3.69. The molecule has 0 aliphatic heterocycles. The SMILES string of the molecule is CSC(CO)C(C)NCc1occc1C(=O)O. The maximum absolute atomic E-state index is 10.8. The van der Waals surface area contributed by atoms with Gasteiger partial charge in [-0.15, -0.1) is 0 Å². The molecule has 0 amide bonds. The van der Waals surface area contributed by atoms with Crippen LogP contribution in [0.4, 0.5) is 0 Å². The highest BCUT2D eigenvalue weighted by atomic mass is 32.2. The Morgan fingerprint density at radius 1 is 1.65 bits per heavy atom. The Kier molecular flexibility index (Phi) is 5.54. The summed E-state index contributed by atoms with van der Waals surface area (Å²) in [6, 6.07) is 1.50. The fourth-order valence-corrected chi connectivity index (χ4v) is 2.14. The zero-order valence-electron chi connectivity index (χ0n) is 9.84. The molecule has 0 aromatic carbocycles. The Labute approximate surface area is 104 Å². The van der Waals surface area contributed by atoms with E-state index < -0.39 is 5.97 Å². The van der Waals surface area contributed by atoms with Crippen LogP contribution < -0.4 is 5.32 Å². The number of nitrogens with one attached hydrogen (secondary N) is 1. The monoisotopic (exact) mass is 259 g/mol. The minimum Gasteiger partial charge on any atom is -0.478 e. The van der Waals surface area contributed by atoms with Gasteiger partial charge in [-0.25, -0.2) is 4.79 Å². The van der Waals surface area contributed by atoms with Gasteiger partial charge >= 0.3 is 5.97 Å². The quantitative estimate of drug-likeness (QED) is 0.682. The van der Waals surface area contributed by atoms with Crippen molar-refractivity contribution in [2.75, 3.05) is 12.9 Å². The van der Waals surface area contributed by atoms with Crippen molar-refractivity contribution < 1.29 is 19.4 Å². The van der Waals surface area contributed by atoms with E-state index in [0.717, 1.165) is 0 Å². The van der Waals surface area contributed by atoms with E-state index >= 15 is 0 Å². The van der Waals surface area contributed by atoms with Gasteiger partial charge in [0.1, 0.15) is 11.3 Å². The summed E-state index contributed by atoms with van der Waals surface area (Å²) in [4.78, 5) is 10.8. The Morgan fingerprint density at radius 2 is 2.35 bits per heavy atom. The molecule has 96 valence electrons. The second-order valence-corrected chi connectivity index (χ2v) is 4.77. The van der Waals surface area contributed by atoms with Crippen molar-refractivity contribution in [2.45, 2.75) is 24.8 Å². The van der Waals surface area contributed by atoms with Crippen LogP contribution in [-0.2, 0) is 6.54 Å². The molecule has 1 aromatic heterocycles. The van der Waals surface area contributed by atoms with Crippen LogP contribution in [0.5, 0.6) is 0 Å². The smallest absolute Gasteiger partial charge is 0.339 e. The topological polar surface area (TPSA) is 82.7 Å². The number of carboxylic acid groups (broad SMARTS) is 1. The van der Waals surface area contributed by atoms with Crippen LogP contribution in [0.2, 0.25) is 0 Å². The fourth-order valence-electron chi connectivity index (χ4n) is 1.49. The molecule has 0 spiro atoms. The number of thioether (sulfide) groups is 1. The highest BCUT2D eigenvalue weighted by Crippen LogP contribution is 2.13. The second kappa shape index (κ2) is 6.68. The first-order valence-corrected chi connectivity index (χ1v) is 6.55. The average Bonchev–Trinajstić information content (AvgIpc) is 2.76. The molecule has 0 fully saturated rings. The first kappa shape index (κ1) is 14.1. The predicted molar refractivity (Wildman–Crippen MR) is 66.4 cm³/mol. The third-order valence-corrected chi connectivity index (χ3v) is 3.76. The van der Waals surface area contributed by atoms with Gasteiger partial charge < -0.3 is 19.9 Å². The number of furan rings is 1. The fraction of sp³-hybridized carbons (Fsp3) is 0.545. The molecule has 0 saturated heterocycles. The van der Waals surface area contributed by atoms with Crippen LogP contribution in [0.3, 0.4) is 0 Å². The molecule has 0 saturated carbocycles. The molecule has 0 radical (unpaired) electrons. The molecule has 5 nitrogen and oxygen atoms in total. The van der Waals surface area contributed by atoms with E-state index in [-0.39, 0.29) is 23.5 Å². The number of aromatic carboxylic acids is 1. The molecule has 1 rings (SSSR count). The van der Waals surface area contributed by atoms with Crippen LogP contribution in [-0.4, -0.2) is 40.3 Å². The summed E-state index contributed by atoms with van der Waals surface area (Å²) in [7, 11) is 0. The first-order chi connectivity index (χ1) is 8.10. The molecule has 0 aliphatic carbocycles. The Bertz CT molecular complexity index is 362. The lowest BCUT2D eigenvalue weighted by molar-refractivity contribution is 0.0694. The van der Waals surface area contributed by atoms with E-state index in [2.05, 4.69) is 5.32 Å². The van der Waals surface area contributed by atoms with Crippen molar-refractivity contribution in [2.24, 2.45) is 0 Å². The van der Waals surface area contributed by atoms with E-state index in [4.69, 9.17) is 14.6 Å². The number of carboxylic acids is 1. The normalized spacial score (nSPS) is 14.5. The number of hydrogen-bond acceptors (Lipinski definition) is 5. The summed E-state index contributed by atoms with van der Waals surface area (Å²) in [6.45, 7) is 2.37. The summed E-state index contributed by atoms with van der Waals surface area (Å²) < 4.78 is 5.11. The van der Waals surface area contributed by atoms with E-state index in [1.807, 2.05) is 13.2 Å². The van der Waals surface area contributed by atoms with Gasteiger partial charge in [0.2, 0.25) is 0 Å². The van der Waals surface area contributed by atoms with Crippen LogP contribution in [0.15, 0.2) is 16.7 Å². The van der Waals surface area contributed by atoms with Gasteiger partial charge in [-0.3, -0.25) is 0 Å². The third-order valence-electron chi connectivity index (χ3n) is 2.60. The number of aliphatic hydroxyl groups is 1. The lowest BCUT2D eigenvalue weighted by Gasteiger charge is -2.20. The Balaban J connectivity index is 2.55. The lowest BCUT2D eigenvalue weighted by Crippen LogP contribution is -2.37. The van der Waals surface area contributed by atoms with Gasteiger partial charge in [0, 0.05) is 11.3 Å². The summed E-state index contributed by atoms with van der Waals surface area (Å²) in [6.07, 6.45) is 3.29. The minimum absolute atomic E-state index is 0.0711. The van der Waals surface area contributed by atoms with E-state index in [1.54, 1.807) is 11.8 Å². The van der Waals surface area contributed by atoms with Crippen molar-refractivity contribution in [3.8, 4) is 0 Å². The zero-order valence-corrected chi connectivity index (χ0v) is 10.7. The standard InChI is InChI=1S/C11H17NO4S/c1-7(10(6-13)17-2)12-5-9-8(11(14)15)3-4-16-9/h3-4,7,10,12-13H,5-6H2,1-2H3,(H,14,15). The number of aliphatic hydroxyl groups excluding tert-OH is 1. The van der Waals surface area contributed by atoms with Crippen molar-refractivity contribution in [1.82, 2.24) is 5.32 Å². The largest absolute Gasteiger partial charge is 0.478 e. The molecule has 2 unspecified atom stereocenters.